The molecule has 2 fully saturated rings. The van der Waals surface area contributed by atoms with Crippen molar-refractivity contribution in [2.24, 2.45) is 0 Å². The molecule has 0 saturated carbocycles. The average Bonchev–Trinajstić information content (AvgIpc) is 2.76. The summed E-state index contributed by atoms with van der Waals surface area (Å²) in [7, 11) is 0. The highest BCUT2D eigenvalue weighted by Crippen LogP contribution is 2.32. The van der Waals surface area contributed by atoms with Crippen LogP contribution in [0.5, 0.6) is 0 Å². The molecule has 8 nitrogen and oxygen atoms in total. The first-order chi connectivity index (χ1) is 13.3. The van der Waals surface area contributed by atoms with E-state index in [1.165, 1.54) is 6.26 Å². The Morgan fingerprint density at radius 1 is 0.889 bits per heavy atom. The number of rotatable bonds is 4. The topological polar surface area (TPSA) is 72.5 Å². The molecule has 4 rings (SSSR count). The molecule has 0 spiro atoms. The second-order valence-corrected chi connectivity index (χ2v) is 6.56. The van der Waals surface area contributed by atoms with Crippen LogP contribution in [-0.4, -0.2) is 71.7 Å². The molecule has 1 aromatic carbocycles. The molecule has 146 valence electrons. The smallest absolute Gasteiger partial charge is 0.294 e. The number of carbonyl (C=O) groups is 1. The molecule has 0 aromatic heterocycles. The largest absolute Gasteiger partial charge is 0.494 e. The summed E-state index contributed by atoms with van der Waals surface area (Å²) < 4.78 is 21.5. The van der Waals surface area contributed by atoms with Crippen molar-refractivity contribution in [1.82, 2.24) is 0 Å². The first-order valence-electron chi connectivity index (χ1n) is 9.36. The minimum absolute atomic E-state index is 0.200. The van der Waals surface area contributed by atoms with Gasteiger partial charge >= 0.3 is 0 Å². The van der Waals surface area contributed by atoms with Crippen LogP contribution in [-0.2, 0) is 23.7 Å². The van der Waals surface area contributed by atoms with Crippen LogP contribution >= 0.6 is 0 Å². The third-order valence-electron chi connectivity index (χ3n) is 4.83. The summed E-state index contributed by atoms with van der Waals surface area (Å²) in [5.74, 6) is -0.102. The average molecular weight is 375 g/mol. The van der Waals surface area contributed by atoms with E-state index in [0.717, 1.165) is 56.5 Å². The van der Waals surface area contributed by atoms with Crippen molar-refractivity contribution >= 4 is 23.0 Å². The quantitative estimate of drug-likeness (QED) is 0.847. The summed E-state index contributed by atoms with van der Waals surface area (Å²) in [6.07, 6.45) is 1.37. The van der Waals surface area contributed by atoms with E-state index in [1.54, 1.807) is 0 Å². The van der Waals surface area contributed by atoms with E-state index >= 15 is 0 Å². The van der Waals surface area contributed by atoms with E-state index in [2.05, 4.69) is 21.2 Å². The van der Waals surface area contributed by atoms with Crippen molar-refractivity contribution in [2.45, 2.75) is 0 Å². The minimum atomic E-state index is -0.302. The third kappa shape index (κ3) is 4.28. The highest BCUT2D eigenvalue weighted by molar-refractivity contribution is 6.04. The molecule has 27 heavy (non-hydrogen) atoms. The molecule has 1 N–H and O–H groups in total. The Bertz CT molecular complexity index is 697. The van der Waals surface area contributed by atoms with Crippen LogP contribution in [0.4, 0.5) is 17.1 Å². The van der Waals surface area contributed by atoms with Crippen molar-refractivity contribution in [3.8, 4) is 0 Å². The van der Waals surface area contributed by atoms with Gasteiger partial charge in [0, 0.05) is 31.9 Å². The number of hydrogen-bond acceptors (Lipinski definition) is 7. The molecular weight excluding hydrogens is 350 g/mol. The number of morpholine rings is 2. The van der Waals surface area contributed by atoms with Gasteiger partial charge < -0.3 is 34.1 Å². The fourth-order valence-electron chi connectivity index (χ4n) is 3.38. The van der Waals surface area contributed by atoms with Gasteiger partial charge in [-0.25, -0.2) is 0 Å². The second kappa shape index (κ2) is 8.49. The van der Waals surface area contributed by atoms with Crippen LogP contribution in [0.2, 0.25) is 0 Å². The lowest BCUT2D eigenvalue weighted by atomic mass is 10.1. The first-order valence-corrected chi connectivity index (χ1v) is 9.36. The fraction of sp³-hybridized carbons (Fsp3) is 0.526. The van der Waals surface area contributed by atoms with Crippen molar-refractivity contribution < 1.29 is 23.7 Å². The Kier molecular flexibility index (Phi) is 5.64. The van der Waals surface area contributed by atoms with E-state index in [1.807, 2.05) is 12.1 Å². The molecule has 0 aliphatic carbocycles. The van der Waals surface area contributed by atoms with Crippen molar-refractivity contribution in [3.05, 3.63) is 30.2 Å². The summed E-state index contributed by atoms with van der Waals surface area (Å²) in [5.41, 5.74) is 2.89. The zero-order chi connectivity index (χ0) is 18.5. The number of anilines is 3. The SMILES string of the molecule is O=C(Nc1ccc(N2CCOCC2)cc1N1CCOCC1)C1=COCCO1. The van der Waals surface area contributed by atoms with Gasteiger partial charge in [-0.05, 0) is 18.2 Å². The van der Waals surface area contributed by atoms with Gasteiger partial charge in [0.25, 0.3) is 5.91 Å². The maximum absolute atomic E-state index is 12.5. The highest BCUT2D eigenvalue weighted by Gasteiger charge is 2.21. The van der Waals surface area contributed by atoms with Crippen LogP contribution in [0.1, 0.15) is 0 Å². The van der Waals surface area contributed by atoms with Gasteiger partial charge in [0.1, 0.15) is 19.5 Å². The molecule has 0 atom stereocenters. The van der Waals surface area contributed by atoms with Gasteiger partial charge in [0.15, 0.2) is 0 Å². The second-order valence-electron chi connectivity index (χ2n) is 6.56. The number of carbonyl (C=O) groups excluding carboxylic acids is 1. The molecule has 0 radical (unpaired) electrons. The molecule has 1 amide bonds. The van der Waals surface area contributed by atoms with Gasteiger partial charge in [-0.15, -0.1) is 0 Å². The van der Waals surface area contributed by atoms with Gasteiger partial charge in [-0.1, -0.05) is 0 Å². The number of nitrogens with one attached hydrogen (secondary N) is 1. The predicted octanol–water partition coefficient (Wildman–Crippen LogP) is 1.19. The molecule has 3 aliphatic heterocycles. The maximum Gasteiger partial charge on any atom is 0.294 e. The summed E-state index contributed by atoms with van der Waals surface area (Å²) in [6, 6.07) is 6.13. The molecule has 0 bridgehead atoms. The molecule has 3 aliphatic rings. The van der Waals surface area contributed by atoms with E-state index in [-0.39, 0.29) is 11.7 Å². The zero-order valence-corrected chi connectivity index (χ0v) is 15.3. The van der Waals surface area contributed by atoms with Gasteiger partial charge in [-0.2, -0.15) is 0 Å². The molecule has 8 heteroatoms. The Balaban J connectivity index is 1.58. The number of benzene rings is 1. The minimum Gasteiger partial charge on any atom is -0.494 e. The Morgan fingerprint density at radius 3 is 2.26 bits per heavy atom. The van der Waals surface area contributed by atoms with Crippen LogP contribution in [0, 0.1) is 0 Å². The summed E-state index contributed by atoms with van der Waals surface area (Å²) in [6.45, 7) is 6.98. The van der Waals surface area contributed by atoms with Crippen molar-refractivity contribution in [2.75, 3.05) is 80.9 Å². The first kappa shape index (κ1) is 17.9. The molecule has 3 heterocycles. The predicted molar refractivity (Wildman–Crippen MR) is 101 cm³/mol. The summed E-state index contributed by atoms with van der Waals surface area (Å²) in [4.78, 5) is 17.1. The zero-order valence-electron chi connectivity index (χ0n) is 15.3. The summed E-state index contributed by atoms with van der Waals surface area (Å²) in [5, 5.41) is 2.97. The van der Waals surface area contributed by atoms with E-state index < -0.39 is 0 Å². The number of nitrogens with zero attached hydrogens (tertiary/aromatic N) is 2. The Hall–Kier alpha value is -2.45. The van der Waals surface area contributed by atoms with Crippen LogP contribution in [0.3, 0.4) is 0 Å². The Labute approximate surface area is 158 Å². The van der Waals surface area contributed by atoms with Gasteiger partial charge in [0.05, 0.1) is 37.8 Å². The van der Waals surface area contributed by atoms with E-state index in [4.69, 9.17) is 18.9 Å². The lowest BCUT2D eigenvalue weighted by Crippen LogP contribution is -2.38. The third-order valence-corrected chi connectivity index (χ3v) is 4.83. The fourth-order valence-corrected chi connectivity index (χ4v) is 3.38. The van der Waals surface area contributed by atoms with E-state index in [9.17, 15) is 4.79 Å². The summed E-state index contributed by atoms with van der Waals surface area (Å²) >= 11 is 0. The normalized spacial score (nSPS) is 20.4. The monoisotopic (exact) mass is 375 g/mol. The molecule has 2 saturated heterocycles. The number of ether oxygens (including phenoxy) is 4. The highest BCUT2D eigenvalue weighted by atomic mass is 16.6. The lowest BCUT2D eigenvalue weighted by Gasteiger charge is -2.33. The van der Waals surface area contributed by atoms with E-state index in [0.29, 0.717) is 26.4 Å². The van der Waals surface area contributed by atoms with Crippen LogP contribution < -0.4 is 15.1 Å². The Morgan fingerprint density at radius 2 is 1.59 bits per heavy atom. The molecule has 1 aromatic rings. The van der Waals surface area contributed by atoms with Crippen LogP contribution in [0.15, 0.2) is 30.2 Å². The standard InChI is InChI=1S/C19H25N3O5/c23-19(18-14-26-11-12-27-18)20-16-2-1-15(21-3-7-24-8-4-21)13-17(16)22-5-9-25-10-6-22/h1-2,13-14H,3-12H2,(H,20,23). The van der Waals surface area contributed by atoms with Crippen LogP contribution in [0.25, 0.3) is 0 Å². The number of amides is 1. The number of hydrogen-bond donors (Lipinski definition) is 1. The molecule has 0 unspecified atom stereocenters. The lowest BCUT2D eigenvalue weighted by molar-refractivity contribution is -0.117. The maximum atomic E-state index is 12.5. The van der Waals surface area contributed by atoms with Gasteiger partial charge in [0.2, 0.25) is 5.76 Å². The van der Waals surface area contributed by atoms with Crippen molar-refractivity contribution in [1.29, 1.82) is 0 Å². The van der Waals surface area contributed by atoms with Crippen molar-refractivity contribution in [3.63, 3.8) is 0 Å². The van der Waals surface area contributed by atoms with Gasteiger partial charge in [-0.3, -0.25) is 4.79 Å². The molecular formula is C19H25N3O5.